The third-order valence-corrected chi connectivity index (χ3v) is 2.00. The summed E-state index contributed by atoms with van der Waals surface area (Å²) in [5, 5.41) is 4.08. The predicted octanol–water partition coefficient (Wildman–Crippen LogP) is 2.90. The Balaban J connectivity index is 2.93. The Morgan fingerprint density at radius 2 is 2.00 bits per heavy atom. The topological polar surface area (TPSA) is 51.1 Å². The van der Waals surface area contributed by atoms with Gasteiger partial charge in [-0.15, -0.1) is 0 Å². The Kier molecular flexibility index (Phi) is 3.55. The van der Waals surface area contributed by atoms with Crippen molar-refractivity contribution in [2.75, 3.05) is 14.1 Å². The summed E-state index contributed by atoms with van der Waals surface area (Å²) in [7, 11) is 1.54. The second-order valence-corrected chi connectivity index (χ2v) is 4.81. The van der Waals surface area contributed by atoms with Crippen molar-refractivity contribution in [2.45, 2.75) is 26.4 Å². The third kappa shape index (κ3) is 5.42. The monoisotopic (exact) mass is 267 g/mol. The van der Waals surface area contributed by atoms with E-state index in [0.717, 1.165) is 0 Å². The van der Waals surface area contributed by atoms with Crippen LogP contribution in [0.2, 0.25) is 0 Å². The molecular weight excluding hydrogens is 244 g/mol. The summed E-state index contributed by atoms with van der Waals surface area (Å²) in [6.07, 6.45) is 0.243. The van der Waals surface area contributed by atoms with Crippen LogP contribution in [0.1, 0.15) is 30.4 Å². The molecule has 5 nitrogen and oxygen atoms in total. The molecule has 104 valence electrons. The minimum Gasteiger partial charge on any atom is -0.497 e. The lowest BCUT2D eigenvalue weighted by Gasteiger charge is -2.21. The molecule has 0 aliphatic rings. The van der Waals surface area contributed by atoms with E-state index in [9.17, 15) is 4.79 Å². The Morgan fingerprint density at radius 1 is 1.37 bits per heavy atom. The molecule has 0 radical (unpaired) electrons. The molecule has 1 aromatic rings. The summed E-state index contributed by atoms with van der Waals surface area (Å²) >= 11 is 0. The number of ether oxygens (including phenoxy) is 2. The summed E-state index contributed by atoms with van der Waals surface area (Å²) in [4.78, 5) is 11.9. The van der Waals surface area contributed by atoms with Gasteiger partial charge in [-0.1, -0.05) is 0 Å². The first kappa shape index (κ1) is 10.8. The van der Waals surface area contributed by atoms with E-state index in [2.05, 4.69) is 5.10 Å². The summed E-state index contributed by atoms with van der Waals surface area (Å²) in [6.45, 7) is 2.21. The number of hydrogen-bond donors (Lipinski definition) is 0. The number of hydrogen-bond acceptors (Lipinski definition) is 4. The highest BCUT2D eigenvalue weighted by Crippen LogP contribution is 2.11. The summed E-state index contributed by atoms with van der Waals surface area (Å²) in [5.74, 6) is 0.664. The molecule has 0 spiro atoms. The Hall–Kier alpha value is -2.04. The van der Waals surface area contributed by atoms with Gasteiger partial charge in [0.1, 0.15) is 11.4 Å². The van der Waals surface area contributed by atoms with Crippen molar-refractivity contribution in [3.63, 3.8) is 0 Å². The molecule has 0 fully saturated rings. The molecule has 0 bridgehead atoms. The molecule has 0 saturated heterocycles. The Morgan fingerprint density at radius 3 is 2.47 bits per heavy atom. The van der Waals surface area contributed by atoms with Crippen LogP contribution in [0.3, 0.4) is 0 Å². The van der Waals surface area contributed by atoms with Crippen LogP contribution >= 0.6 is 0 Å². The van der Waals surface area contributed by atoms with Crippen LogP contribution in [0.25, 0.3) is 0 Å². The fraction of sp³-hybridized carbons (Fsp3) is 0.429. The zero-order chi connectivity index (χ0) is 17.0. The molecule has 5 heteroatoms. The average molecular weight is 267 g/mol. The molecule has 0 heterocycles. The molecule has 19 heavy (non-hydrogen) atoms. The van der Waals surface area contributed by atoms with Gasteiger partial charge in [0, 0.05) is 11.1 Å². The van der Waals surface area contributed by atoms with E-state index in [1.54, 1.807) is 52.1 Å². The van der Waals surface area contributed by atoms with Crippen molar-refractivity contribution in [3.8, 4) is 5.75 Å². The van der Waals surface area contributed by atoms with E-state index in [0.29, 0.717) is 16.3 Å². The summed E-state index contributed by atoms with van der Waals surface area (Å²) in [6, 6.07) is 6.78. The number of amides is 1. The highest BCUT2D eigenvalue weighted by molar-refractivity contribution is 5.81. The number of rotatable bonds is 3. The normalized spacial score (nSPS) is 14.4. The van der Waals surface area contributed by atoms with Crippen LogP contribution in [-0.2, 0) is 4.74 Å². The zero-order valence-electron chi connectivity index (χ0n) is 14.5. The summed E-state index contributed by atoms with van der Waals surface area (Å²) in [5.41, 5.74) is -0.186. The maximum atomic E-state index is 11.9. The van der Waals surface area contributed by atoms with E-state index in [1.165, 1.54) is 6.21 Å². The van der Waals surface area contributed by atoms with Gasteiger partial charge in [0.05, 0.1) is 13.3 Å². The Bertz CT molecular complexity index is 534. The third-order valence-electron chi connectivity index (χ3n) is 2.00. The lowest BCUT2D eigenvalue weighted by molar-refractivity contribution is 0.0304. The number of benzene rings is 1. The van der Waals surface area contributed by atoms with Crippen LogP contribution in [0.4, 0.5) is 4.79 Å². The predicted molar refractivity (Wildman–Crippen MR) is 74.6 cm³/mol. The summed E-state index contributed by atoms with van der Waals surface area (Å²) < 4.78 is 32.2. The maximum absolute atomic E-state index is 11.9. The van der Waals surface area contributed by atoms with Crippen molar-refractivity contribution < 1.29 is 18.4 Å². The number of carbonyl (C=O) groups is 1. The molecule has 0 N–H and O–H groups in total. The van der Waals surface area contributed by atoms with Gasteiger partial charge in [-0.3, -0.25) is 0 Å². The lowest BCUT2D eigenvalue weighted by atomic mass is 10.2. The fourth-order valence-corrected chi connectivity index (χ4v) is 1.17. The number of carbonyl (C=O) groups excluding carboxylic acids is 1. The lowest BCUT2D eigenvalue weighted by Crippen LogP contribution is -2.31. The van der Waals surface area contributed by atoms with Crippen molar-refractivity contribution in [3.05, 3.63) is 29.8 Å². The van der Waals surface area contributed by atoms with Crippen LogP contribution in [0.5, 0.6) is 5.75 Å². The Labute approximate surface area is 118 Å². The first-order chi connectivity index (χ1) is 10.0. The van der Waals surface area contributed by atoms with Crippen LogP contribution < -0.4 is 4.74 Å². The number of hydrazone groups is 1. The van der Waals surface area contributed by atoms with E-state index in [4.69, 9.17) is 13.6 Å². The van der Waals surface area contributed by atoms with Crippen LogP contribution in [-0.4, -0.2) is 37.0 Å². The highest BCUT2D eigenvalue weighted by atomic mass is 16.6. The van der Waals surface area contributed by atoms with Crippen LogP contribution in [0, 0.1) is 0 Å². The molecule has 1 aromatic carbocycles. The van der Waals surface area contributed by atoms with Crippen LogP contribution in [0.15, 0.2) is 29.4 Å². The van der Waals surface area contributed by atoms with Crippen molar-refractivity contribution in [2.24, 2.45) is 5.10 Å². The van der Waals surface area contributed by atoms with E-state index >= 15 is 0 Å². The van der Waals surface area contributed by atoms with Gasteiger partial charge in [-0.05, 0) is 50.6 Å². The largest absolute Gasteiger partial charge is 0.497 e. The van der Waals surface area contributed by atoms with E-state index in [-0.39, 0.29) is 0 Å². The molecule has 1 amide bonds. The van der Waals surface area contributed by atoms with Crippen molar-refractivity contribution in [1.29, 1.82) is 0 Å². The number of nitrogens with zero attached hydrogens (tertiary/aromatic N) is 2. The number of methoxy groups -OCH3 is 1. The molecule has 0 saturated carbocycles. The van der Waals surface area contributed by atoms with Crippen molar-refractivity contribution >= 4 is 12.3 Å². The smallest absolute Gasteiger partial charge is 0.430 e. The second kappa shape index (κ2) is 6.22. The molecule has 0 aromatic heterocycles. The molecule has 0 aliphatic carbocycles. The van der Waals surface area contributed by atoms with Crippen molar-refractivity contribution in [1.82, 2.24) is 5.01 Å². The van der Waals surface area contributed by atoms with Gasteiger partial charge in [-0.2, -0.15) is 5.10 Å². The van der Waals surface area contributed by atoms with Gasteiger partial charge in [0.15, 0.2) is 0 Å². The van der Waals surface area contributed by atoms with Gasteiger partial charge < -0.3 is 9.47 Å². The molecule has 0 aliphatic heterocycles. The molecule has 1 rings (SSSR count). The molecular formula is C14H20N2O3. The first-order valence-electron chi connectivity index (χ1n) is 7.24. The minimum atomic E-state index is -2.73. The fourth-order valence-electron chi connectivity index (χ4n) is 1.17. The van der Waals surface area contributed by atoms with E-state index < -0.39 is 18.7 Å². The maximum Gasteiger partial charge on any atom is 0.430 e. The molecule has 0 atom stereocenters. The molecule has 0 unspecified atom stereocenters. The van der Waals surface area contributed by atoms with Gasteiger partial charge >= 0.3 is 6.09 Å². The van der Waals surface area contributed by atoms with E-state index in [1.807, 2.05) is 0 Å². The standard InChI is InChI=1S/C14H20N2O3/c1-14(2,3)19-13(17)16(4)15-10-11-6-8-12(18-5)9-7-11/h6-10H,1-5H3/b15-10+/i4D3. The minimum absolute atomic E-state index is 0.350. The SMILES string of the molecule is [2H]C([2H])([2H])N(/N=C/c1ccc(OC)cc1)C(=O)OC(C)(C)C. The first-order valence-corrected chi connectivity index (χ1v) is 5.74. The second-order valence-electron chi connectivity index (χ2n) is 4.81. The quantitative estimate of drug-likeness (QED) is 0.625. The average Bonchev–Trinajstić information content (AvgIpc) is 2.36. The van der Waals surface area contributed by atoms with Gasteiger partial charge in [0.2, 0.25) is 0 Å². The highest BCUT2D eigenvalue weighted by Gasteiger charge is 2.18. The zero-order valence-corrected chi connectivity index (χ0v) is 11.5. The van der Waals surface area contributed by atoms with Gasteiger partial charge in [0.25, 0.3) is 0 Å². The van der Waals surface area contributed by atoms with Gasteiger partial charge in [-0.25, -0.2) is 9.80 Å².